The number of rotatable bonds is 3. The SMILES string of the molecule is COCCC1CCN(C(C)=O)CC1. The first-order valence-electron chi connectivity index (χ1n) is 4.98. The van der Waals surface area contributed by atoms with Gasteiger partial charge in [0.25, 0.3) is 0 Å². The zero-order valence-corrected chi connectivity index (χ0v) is 8.58. The fourth-order valence-electron chi connectivity index (χ4n) is 1.82. The van der Waals surface area contributed by atoms with Crippen LogP contribution in [0.4, 0.5) is 0 Å². The zero-order chi connectivity index (χ0) is 9.68. The van der Waals surface area contributed by atoms with Crippen molar-refractivity contribution in [3.8, 4) is 0 Å². The van der Waals surface area contributed by atoms with Crippen LogP contribution < -0.4 is 0 Å². The van der Waals surface area contributed by atoms with E-state index in [1.807, 2.05) is 4.90 Å². The molecule has 0 N–H and O–H groups in total. The van der Waals surface area contributed by atoms with E-state index in [1.165, 1.54) is 0 Å². The summed E-state index contributed by atoms with van der Waals surface area (Å²) in [5, 5.41) is 0. The lowest BCUT2D eigenvalue weighted by molar-refractivity contribution is -0.130. The van der Waals surface area contributed by atoms with Gasteiger partial charge in [0.15, 0.2) is 0 Å². The van der Waals surface area contributed by atoms with Crippen molar-refractivity contribution in [3.63, 3.8) is 0 Å². The first kappa shape index (κ1) is 10.5. The molecular formula is C10H19NO2. The van der Waals surface area contributed by atoms with E-state index >= 15 is 0 Å². The van der Waals surface area contributed by atoms with Crippen molar-refractivity contribution in [1.29, 1.82) is 0 Å². The van der Waals surface area contributed by atoms with E-state index < -0.39 is 0 Å². The third-order valence-corrected chi connectivity index (χ3v) is 2.79. The van der Waals surface area contributed by atoms with E-state index in [2.05, 4.69) is 0 Å². The van der Waals surface area contributed by atoms with Gasteiger partial charge in [-0.15, -0.1) is 0 Å². The number of nitrogens with zero attached hydrogens (tertiary/aromatic N) is 1. The quantitative estimate of drug-likeness (QED) is 0.663. The summed E-state index contributed by atoms with van der Waals surface area (Å²) in [5.41, 5.74) is 0. The standard InChI is InChI=1S/C10H19NO2/c1-9(12)11-6-3-10(4-7-11)5-8-13-2/h10H,3-8H2,1-2H3. The summed E-state index contributed by atoms with van der Waals surface area (Å²) >= 11 is 0. The minimum atomic E-state index is 0.213. The molecule has 0 radical (unpaired) electrons. The van der Waals surface area contributed by atoms with E-state index in [0.717, 1.165) is 44.9 Å². The lowest BCUT2D eigenvalue weighted by Crippen LogP contribution is -2.37. The number of methoxy groups -OCH3 is 1. The third kappa shape index (κ3) is 3.35. The highest BCUT2D eigenvalue weighted by Crippen LogP contribution is 2.20. The smallest absolute Gasteiger partial charge is 0.219 e. The molecule has 0 aromatic rings. The number of carbonyl (C=O) groups excluding carboxylic acids is 1. The number of carbonyl (C=O) groups is 1. The molecule has 0 aromatic heterocycles. The maximum atomic E-state index is 11.0. The van der Waals surface area contributed by atoms with Crippen molar-refractivity contribution in [1.82, 2.24) is 4.90 Å². The van der Waals surface area contributed by atoms with E-state index in [-0.39, 0.29) is 5.91 Å². The van der Waals surface area contributed by atoms with Gasteiger partial charge in [0.1, 0.15) is 0 Å². The first-order valence-corrected chi connectivity index (χ1v) is 4.98. The van der Waals surface area contributed by atoms with E-state index in [4.69, 9.17) is 4.74 Å². The molecule has 1 amide bonds. The van der Waals surface area contributed by atoms with Crippen molar-refractivity contribution in [2.24, 2.45) is 5.92 Å². The molecule has 0 bridgehead atoms. The highest BCUT2D eigenvalue weighted by molar-refractivity contribution is 5.73. The van der Waals surface area contributed by atoms with Crippen LogP contribution in [-0.4, -0.2) is 37.6 Å². The third-order valence-electron chi connectivity index (χ3n) is 2.79. The Labute approximate surface area is 80.1 Å². The lowest BCUT2D eigenvalue weighted by Gasteiger charge is -2.31. The molecular weight excluding hydrogens is 166 g/mol. The molecule has 1 fully saturated rings. The molecule has 1 rings (SSSR count). The fraction of sp³-hybridized carbons (Fsp3) is 0.900. The van der Waals surface area contributed by atoms with Crippen molar-refractivity contribution >= 4 is 5.91 Å². The van der Waals surface area contributed by atoms with Crippen molar-refractivity contribution in [3.05, 3.63) is 0 Å². The number of ether oxygens (including phenoxy) is 1. The number of hydrogen-bond donors (Lipinski definition) is 0. The largest absolute Gasteiger partial charge is 0.385 e. The Morgan fingerprint density at radius 1 is 1.46 bits per heavy atom. The number of amides is 1. The van der Waals surface area contributed by atoms with Crippen LogP contribution in [-0.2, 0) is 9.53 Å². The van der Waals surface area contributed by atoms with Gasteiger partial charge in [-0.1, -0.05) is 0 Å². The van der Waals surface area contributed by atoms with Crippen LogP contribution in [0, 0.1) is 5.92 Å². The highest BCUT2D eigenvalue weighted by atomic mass is 16.5. The van der Waals surface area contributed by atoms with Crippen LogP contribution in [0.15, 0.2) is 0 Å². The predicted molar refractivity (Wildman–Crippen MR) is 51.5 cm³/mol. The Hall–Kier alpha value is -0.570. The molecule has 0 saturated carbocycles. The van der Waals surface area contributed by atoms with Gasteiger partial charge >= 0.3 is 0 Å². The lowest BCUT2D eigenvalue weighted by atomic mass is 9.94. The molecule has 1 heterocycles. The Morgan fingerprint density at radius 2 is 2.08 bits per heavy atom. The van der Waals surface area contributed by atoms with E-state index in [1.54, 1.807) is 14.0 Å². The summed E-state index contributed by atoms with van der Waals surface area (Å²) in [7, 11) is 1.74. The number of likely N-dealkylation sites (tertiary alicyclic amines) is 1. The molecule has 1 aliphatic rings. The second kappa shape index (κ2) is 5.22. The van der Waals surface area contributed by atoms with Gasteiger partial charge in [-0.25, -0.2) is 0 Å². The molecule has 13 heavy (non-hydrogen) atoms. The molecule has 1 aliphatic heterocycles. The van der Waals surface area contributed by atoms with Gasteiger partial charge in [0.05, 0.1) is 0 Å². The van der Waals surface area contributed by atoms with Crippen LogP contribution >= 0.6 is 0 Å². The minimum Gasteiger partial charge on any atom is -0.385 e. The Kier molecular flexibility index (Phi) is 4.22. The summed E-state index contributed by atoms with van der Waals surface area (Å²) in [6.07, 6.45) is 3.42. The molecule has 0 atom stereocenters. The number of hydrogen-bond acceptors (Lipinski definition) is 2. The van der Waals surface area contributed by atoms with Gasteiger partial charge < -0.3 is 9.64 Å². The predicted octanol–water partition coefficient (Wildman–Crippen LogP) is 1.28. The van der Waals surface area contributed by atoms with E-state index in [0.29, 0.717) is 0 Å². The Bertz CT molecular complexity index is 162. The van der Waals surface area contributed by atoms with Gasteiger partial charge in [0, 0.05) is 33.7 Å². The van der Waals surface area contributed by atoms with Crippen molar-refractivity contribution in [2.75, 3.05) is 26.8 Å². The number of piperidine rings is 1. The summed E-state index contributed by atoms with van der Waals surface area (Å²) in [5.74, 6) is 0.973. The van der Waals surface area contributed by atoms with Crippen LogP contribution in [0.2, 0.25) is 0 Å². The molecule has 3 heteroatoms. The monoisotopic (exact) mass is 185 g/mol. The normalized spacial score (nSPS) is 19.1. The fourth-order valence-corrected chi connectivity index (χ4v) is 1.82. The molecule has 1 saturated heterocycles. The van der Waals surface area contributed by atoms with E-state index in [9.17, 15) is 4.79 Å². The average Bonchev–Trinajstić information content (AvgIpc) is 2.15. The topological polar surface area (TPSA) is 29.5 Å². The maximum absolute atomic E-state index is 11.0. The highest BCUT2D eigenvalue weighted by Gasteiger charge is 2.19. The van der Waals surface area contributed by atoms with Crippen LogP contribution in [0.3, 0.4) is 0 Å². The van der Waals surface area contributed by atoms with Gasteiger partial charge in [-0.2, -0.15) is 0 Å². The Balaban J connectivity index is 2.18. The molecule has 0 aliphatic carbocycles. The average molecular weight is 185 g/mol. The minimum absolute atomic E-state index is 0.213. The zero-order valence-electron chi connectivity index (χ0n) is 8.58. The molecule has 0 unspecified atom stereocenters. The van der Waals surface area contributed by atoms with Crippen molar-refractivity contribution in [2.45, 2.75) is 26.2 Å². The van der Waals surface area contributed by atoms with Crippen LogP contribution in [0.25, 0.3) is 0 Å². The van der Waals surface area contributed by atoms with Gasteiger partial charge in [-0.05, 0) is 25.2 Å². The van der Waals surface area contributed by atoms with Crippen LogP contribution in [0.5, 0.6) is 0 Å². The molecule has 76 valence electrons. The summed E-state index contributed by atoms with van der Waals surface area (Å²) in [6, 6.07) is 0. The summed E-state index contributed by atoms with van der Waals surface area (Å²) < 4.78 is 5.04. The van der Waals surface area contributed by atoms with Crippen LogP contribution in [0.1, 0.15) is 26.2 Å². The maximum Gasteiger partial charge on any atom is 0.219 e. The molecule has 0 spiro atoms. The van der Waals surface area contributed by atoms with Gasteiger partial charge in [0.2, 0.25) is 5.91 Å². The summed E-state index contributed by atoms with van der Waals surface area (Å²) in [4.78, 5) is 13.0. The second-order valence-corrected chi connectivity index (χ2v) is 3.73. The Morgan fingerprint density at radius 3 is 2.54 bits per heavy atom. The summed E-state index contributed by atoms with van der Waals surface area (Å²) in [6.45, 7) is 4.37. The molecule has 0 aromatic carbocycles. The first-order chi connectivity index (χ1) is 6.24. The molecule has 3 nitrogen and oxygen atoms in total. The van der Waals surface area contributed by atoms with Crippen molar-refractivity contribution < 1.29 is 9.53 Å². The second-order valence-electron chi connectivity index (χ2n) is 3.73. The van der Waals surface area contributed by atoms with Gasteiger partial charge in [-0.3, -0.25) is 4.79 Å².